The van der Waals surface area contributed by atoms with Crippen LogP contribution in [0.4, 0.5) is 0 Å². The number of fused-ring (bicyclic) bond motifs is 4. The molecule has 3 unspecified atom stereocenters. The summed E-state index contributed by atoms with van der Waals surface area (Å²) in [4.78, 5) is 11.7. The third-order valence-electron chi connectivity index (χ3n) is 7.59. The van der Waals surface area contributed by atoms with Crippen molar-refractivity contribution in [2.75, 3.05) is 0 Å². The predicted octanol–water partition coefficient (Wildman–Crippen LogP) is 3.64. The Kier molecular flexibility index (Phi) is 3.11. The Bertz CT molecular complexity index is 595. The van der Waals surface area contributed by atoms with Crippen molar-refractivity contribution in [2.24, 2.45) is 23.2 Å². The number of carbonyl (C=O) groups excluding carboxylic acids is 1. The molecule has 2 nitrogen and oxygen atoms in total. The van der Waals surface area contributed by atoms with Gasteiger partial charge in [0.25, 0.3) is 0 Å². The smallest absolute Gasteiger partial charge is 0.137 e. The van der Waals surface area contributed by atoms with Crippen molar-refractivity contribution in [2.45, 2.75) is 70.3 Å². The summed E-state index contributed by atoms with van der Waals surface area (Å²) < 4.78 is 0. The average Bonchev–Trinajstić information content (AvgIpc) is 2.79. The van der Waals surface area contributed by atoms with E-state index in [1.54, 1.807) is 5.57 Å². The Balaban J connectivity index is 1.67. The van der Waals surface area contributed by atoms with E-state index in [1.807, 2.05) is 0 Å². The molecule has 118 valence electrons. The minimum absolute atomic E-state index is 0.106. The Labute approximate surface area is 133 Å². The lowest BCUT2D eigenvalue weighted by Gasteiger charge is -2.53. The summed E-state index contributed by atoms with van der Waals surface area (Å²) in [6, 6.07) is 0. The van der Waals surface area contributed by atoms with Crippen LogP contribution >= 0.6 is 0 Å². The zero-order chi connectivity index (χ0) is 15.5. The number of hydrogen-bond acceptors (Lipinski definition) is 2. The summed E-state index contributed by atoms with van der Waals surface area (Å²) in [6.45, 7) is 2.23. The van der Waals surface area contributed by atoms with Crippen LogP contribution in [0.25, 0.3) is 0 Å². The lowest BCUT2D eigenvalue weighted by Crippen LogP contribution is -2.50. The Morgan fingerprint density at radius 1 is 1.18 bits per heavy atom. The SMILES string of the molecule is C#C[C@]1(O)CCC2C3CCC4=C(CCC(=O)C4)C3CC[C@@]21C. The molecule has 0 spiro atoms. The average molecular weight is 298 g/mol. The molecule has 5 atom stereocenters. The first-order chi connectivity index (χ1) is 10.5. The van der Waals surface area contributed by atoms with E-state index in [4.69, 9.17) is 6.42 Å². The van der Waals surface area contributed by atoms with E-state index in [0.29, 0.717) is 23.5 Å². The first-order valence-electron chi connectivity index (χ1n) is 8.91. The highest BCUT2D eigenvalue weighted by Crippen LogP contribution is 2.64. The van der Waals surface area contributed by atoms with E-state index in [2.05, 4.69) is 12.8 Å². The van der Waals surface area contributed by atoms with E-state index in [1.165, 1.54) is 12.0 Å². The lowest BCUT2D eigenvalue weighted by atomic mass is 9.52. The number of hydrogen-bond donors (Lipinski definition) is 1. The monoisotopic (exact) mass is 298 g/mol. The highest BCUT2D eigenvalue weighted by atomic mass is 16.3. The molecular formula is C20H26O2. The van der Waals surface area contributed by atoms with Gasteiger partial charge in [-0.2, -0.15) is 0 Å². The van der Waals surface area contributed by atoms with E-state index < -0.39 is 5.60 Å². The fourth-order valence-corrected chi connectivity index (χ4v) is 6.30. The molecule has 4 aliphatic rings. The molecule has 1 N–H and O–H groups in total. The van der Waals surface area contributed by atoms with Gasteiger partial charge in [0.15, 0.2) is 0 Å². The third kappa shape index (κ3) is 1.75. The number of carbonyl (C=O) groups is 1. The number of rotatable bonds is 0. The van der Waals surface area contributed by atoms with E-state index in [-0.39, 0.29) is 5.41 Å². The first-order valence-corrected chi connectivity index (χ1v) is 8.91. The molecular weight excluding hydrogens is 272 g/mol. The maximum atomic E-state index is 11.7. The van der Waals surface area contributed by atoms with Gasteiger partial charge in [0, 0.05) is 18.3 Å². The molecule has 4 aliphatic carbocycles. The minimum Gasteiger partial charge on any atom is -0.377 e. The zero-order valence-electron chi connectivity index (χ0n) is 13.5. The first kappa shape index (κ1) is 14.5. The Morgan fingerprint density at radius 2 is 2.00 bits per heavy atom. The zero-order valence-corrected chi connectivity index (χ0v) is 13.5. The van der Waals surface area contributed by atoms with Gasteiger partial charge in [0.2, 0.25) is 0 Å². The summed E-state index contributed by atoms with van der Waals surface area (Å²) in [7, 11) is 0. The van der Waals surface area contributed by atoms with Crippen LogP contribution in [0.15, 0.2) is 11.1 Å². The van der Waals surface area contributed by atoms with E-state index in [0.717, 1.165) is 51.4 Å². The van der Waals surface area contributed by atoms with E-state index >= 15 is 0 Å². The van der Waals surface area contributed by atoms with Crippen LogP contribution in [-0.2, 0) is 4.79 Å². The van der Waals surface area contributed by atoms with Crippen molar-refractivity contribution in [3.8, 4) is 12.3 Å². The van der Waals surface area contributed by atoms with Crippen LogP contribution in [0.5, 0.6) is 0 Å². The van der Waals surface area contributed by atoms with Crippen LogP contribution < -0.4 is 0 Å². The van der Waals surface area contributed by atoms with Crippen LogP contribution in [0.2, 0.25) is 0 Å². The van der Waals surface area contributed by atoms with Crippen LogP contribution in [0, 0.1) is 35.5 Å². The Hall–Kier alpha value is -1.07. The largest absolute Gasteiger partial charge is 0.377 e. The molecule has 0 radical (unpaired) electrons. The normalized spacial score (nSPS) is 47.5. The number of Topliss-reactive ketones (excluding diaryl/α,β-unsaturated/α-hetero) is 1. The molecule has 0 aromatic rings. The fourth-order valence-electron chi connectivity index (χ4n) is 6.30. The van der Waals surface area contributed by atoms with Gasteiger partial charge in [-0.3, -0.25) is 4.79 Å². The minimum atomic E-state index is -0.903. The number of allylic oxidation sites excluding steroid dienone is 2. The van der Waals surface area contributed by atoms with Crippen molar-refractivity contribution in [1.29, 1.82) is 0 Å². The molecule has 0 aromatic carbocycles. The van der Waals surface area contributed by atoms with Gasteiger partial charge in [0.05, 0.1) is 0 Å². The van der Waals surface area contributed by atoms with Crippen LogP contribution in [0.3, 0.4) is 0 Å². The number of aliphatic hydroxyl groups is 1. The van der Waals surface area contributed by atoms with Gasteiger partial charge >= 0.3 is 0 Å². The third-order valence-corrected chi connectivity index (χ3v) is 7.59. The molecule has 0 aliphatic heterocycles. The summed E-state index contributed by atoms with van der Waals surface area (Å²) in [5, 5.41) is 10.9. The van der Waals surface area contributed by atoms with Gasteiger partial charge in [-0.15, -0.1) is 6.42 Å². The van der Waals surface area contributed by atoms with Gasteiger partial charge in [0.1, 0.15) is 11.4 Å². The van der Waals surface area contributed by atoms with Crippen molar-refractivity contribution in [3.63, 3.8) is 0 Å². The highest BCUT2D eigenvalue weighted by Gasteiger charge is 2.61. The quantitative estimate of drug-likeness (QED) is 0.547. The summed E-state index contributed by atoms with van der Waals surface area (Å²) in [5.41, 5.74) is 2.08. The molecule has 2 saturated carbocycles. The van der Waals surface area contributed by atoms with Crippen molar-refractivity contribution in [3.05, 3.63) is 11.1 Å². The van der Waals surface area contributed by atoms with Gasteiger partial charge < -0.3 is 5.11 Å². The van der Waals surface area contributed by atoms with Gasteiger partial charge in [-0.1, -0.05) is 24.0 Å². The summed E-state index contributed by atoms with van der Waals surface area (Å²) in [6.07, 6.45) is 14.5. The standard InChI is InChI=1S/C20H26O2/c1-3-20(22)11-9-18-17-6-4-13-12-14(21)5-7-15(13)16(17)8-10-19(18,20)2/h1,16-18,22H,4-12H2,2H3/t16?,17?,18?,19-,20-/m0/s1. The molecule has 0 saturated heterocycles. The molecule has 0 heterocycles. The molecule has 0 bridgehead atoms. The topological polar surface area (TPSA) is 37.3 Å². The maximum Gasteiger partial charge on any atom is 0.137 e. The Morgan fingerprint density at radius 3 is 2.77 bits per heavy atom. The maximum absolute atomic E-state index is 11.7. The molecule has 2 fully saturated rings. The summed E-state index contributed by atoms with van der Waals surface area (Å²) >= 11 is 0. The second-order valence-corrected chi connectivity index (χ2v) is 8.26. The highest BCUT2D eigenvalue weighted by molar-refractivity contribution is 5.82. The molecule has 0 amide bonds. The molecule has 2 heteroatoms. The van der Waals surface area contributed by atoms with Crippen molar-refractivity contribution < 1.29 is 9.90 Å². The van der Waals surface area contributed by atoms with Crippen molar-refractivity contribution in [1.82, 2.24) is 0 Å². The second-order valence-electron chi connectivity index (χ2n) is 8.26. The number of terminal acetylenes is 1. The van der Waals surface area contributed by atoms with Crippen molar-refractivity contribution >= 4 is 5.78 Å². The molecule has 22 heavy (non-hydrogen) atoms. The fraction of sp³-hybridized carbons (Fsp3) is 0.750. The lowest BCUT2D eigenvalue weighted by molar-refractivity contribution is -0.119. The predicted molar refractivity (Wildman–Crippen MR) is 85.9 cm³/mol. The van der Waals surface area contributed by atoms with Gasteiger partial charge in [-0.05, 0) is 62.7 Å². The van der Waals surface area contributed by atoms with E-state index in [9.17, 15) is 9.90 Å². The van der Waals surface area contributed by atoms with Crippen LogP contribution in [0.1, 0.15) is 64.7 Å². The van der Waals surface area contributed by atoms with Crippen LogP contribution in [-0.4, -0.2) is 16.5 Å². The molecule has 4 rings (SSSR count). The molecule has 0 aromatic heterocycles. The van der Waals surface area contributed by atoms with Gasteiger partial charge in [-0.25, -0.2) is 0 Å². The number of ketones is 1. The second kappa shape index (κ2) is 4.71. The summed E-state index contributed by atoms with van der Waals surface area (Å²) in [5.74, 6) is 5.06.